The number of rotatable bonds is 0. The molecule has 0 amide bonds. The van der Waals surface area contributed by atoms with E-state index in [0.29, 0.717) is 23.5 Å². The van der Waals surface area contributed by atoms with Crippen molar-refractivity contribution >= 4 is 0 Å². The van der Waals surface area contributed by atoms with Gasteiger partial charge in [0.05, 0.1) is 12.2 Å². The topological polar surface area (TPSA) is 18.5 Å². The van der Waals surface area contributed by atoms with E-state index in [4.69, 9.17) is 9.47 Å². The molecule has 1 spiro atoms. The van der Waals surface area contributed by atoms with Crippen molar-refractivity contribution in [1.82, 2.24) is 0 Å². The summed E-state index contributed by atoms with van der Waals surface area (Å²) in [4.78, 5) is 0. The first-order chi connectivity index (χ1) is 7.44. The summed E-state index contributed by atoms with van der Waals surface area (Å²) in [6.45, 7) is 11.0. The summed E-state index contributed by atoms with van der Waals surface area (Å²) in [7, 11) is 0. The van der Waals surface area contributed by atoms with Crippen molar-refractivity contribution in [2.75, 3.05) is 13.4 Å². The van der Waals surface area contributed by atoms with Crippen LogP contribution in [0.5, 0.6) is 0 Å². The highest BCUT2D eigenvalue weighted by atomic mass is 16.7. The lowest BCUT2D eigenvalue weighted by atomic mass is 9.60. The van der Waals surface area contributed by atoms with Crippen LogP contribution in [0.25, 0.3) is 0 Å². The summed E-state index contributed by atoms with van der Waals surface area (Å²) in [6.07, 6.45) is 3.97. The molecule has 3 fully saturated rings. The van der Waals surface area contributed by atoms with E-state index in [9.17, 15) is 0 Å². The minimum absolute atomic E-state index is 0.0949. The maximum atomic E-state index is 6.19. The average Bonchev–Trinajstić information content (AvgIpc) is 2.54. The Morgan fingerprint density at radius 3 is 2.44 bits per heavy atom. The van der Waals surface area contributed by atoms with Gasteiger partial charge in [-0.25, -0.2) is 0 Å². The van der Waals surface area contributed by atoms with E-state index in [1.165, 1.54) is 19.3 Å². The van der Waals surface area contributed by atoms with E-state index in [-0.39, 0.29) is 5.60 Å². The van der Waals surface area contributed by atoms with Crippen LogP contribution in [-0.2, 0) is 9.47 Å². The highest BCUT2D eigenvalue weighted by Gasteiger charge is 2.71. The van der Waals surface area contributed by atoms with Gasteiger partial charge in [0.25, 0.3) is 0 Å². The van der Waals surface area contributed by atoms with Gasteiger partial charge in [0.2, 0.25) is 0 Å². The Morgan fingerprint density at radius 1 is 1.19 bits per heavy atom. The van der Waals surface area contributed by atoms with Crippen molar-refractivity contribution in [2.45, 2.75) is 52.6 Å². The first-order valence-corrected chi connectivity index (χ1v) is 6.66. The summed E-state index contributed by atoms with van der Waals surface area (Å²) in [5, 5.41) is 0. The van der Waals surface area contributed by atoms with Crippen LogP contribution in [0.15, 0.2) is 0 Å². The Bertz CT molecular complexity index is 312. The quantitative estimate of drug-likeness (QED) is 0.629. The minimum Gasteiger partial charge on any atom is -0.355 e. The molecular weight excluding hydrogens is 200 g/mol. The highest BCUT2D eigenvalue weighted by molar-refractivity contribution is 5.20. The SMILES string of the molecule is CC1COCOC12CC1CCC2(C)C1(C)C. The summed E-state index contributed by atoms with van der Waals surface area (Å²) in [5.74, 6) is 1.38. The molecule has 16 heavy (non-hydrogen) atoms. The van der Waals surface area contributed by atoms with Gasteiger partial charge in [-0.3, -0.25) is 0 Å². The molecule has 1 aliphatic heterocycles. The fourth-order valence-corrected chi connectivity index (χ4v) is 4.91. The molecule has 3 rings (SSSR count). The molecule has 2 bridgehead atoms. The number of ether oxygens (including phenoxy) is 2. The number of hydrogen-bond acceptors (Lipinski definition) is 2. The van der Waals surface area contributed by atoms with Gasteiger partial charge < -0.3 is 9.47 Å². The molecule has 2 saturated carbocycles. The van der Waals surface area contributed by atoms with Crippen molar-refractivity contribution in [1.29, 1.82) is 0 Å². The second kappa shape index (κ2) is 3.02. The molecule has 92 valence electrons. The molecule has 2 aliphatic carbocycles. The van der Waals surface area contributed by atoms with Gasteiger partial charge >= 0.3 is 0 Å². The molecule has 0 radical (unpaired) electrons. The summed E-state index contributed by atoms with van der Waals surface area (Å²) < 4.78 is 11.7. The van der Waals surface area contributed by atoms with Crippen molar-refractivity contribution < 1.29 is 9.47 Å². The average molecular weight is 224 g/mol. The van der Waals surface area contributed by atoms with Crippen LogP contribution in [0.4, 0.5) is 0 Å². The van der Waals surface area contributed by atoms with Crippen LogP contribution in [0.3, 0.4) is 0 Å². The summed E-state index contributed by atoms with van der Waals surface area (Å²) in [6, 6.07) is 0. The Hall–Kier alpha value is -0.0800. The van der Waals surface area contributed by atoms with Crippen LogP contribution in [0.1, 0.15) is 47.0 Å². The molecule has 0 aromatic carbocycles. The first-order valence-electron chi connectivity index (χ1n) is 6.66. The van der Waals surface area contributed by atoms with E-state index in [0.717, 1.165) is 12.5 Å². The van der Waals surface area contributed by atoms with Gasteiger partial charge in [-0.05, 0) is 30.6 Å². The molecule has 2 heteroatoms. The van der Waals surface area contributed by atoms with Gasteiger partial charge in [-0.2, -0.15) is 0 Å². The molecular formula is C14H24O2. The third-order valence-corrected chi connectivity index (χ3v) is 6.48. The van der Waals surface area contributed by atoms with E-state index in [1.54, 1.807) is 0 Å². The molecule has 0 N–H and O–H groups in total. The number of hydrogen-bond donors (Lipinski definition) is 0. The molecule has 4 unspecified atom stereocenters. The van der Waals surface area contributed by atoms with Crippen molar-refractivity contribution in [3.63, 3.8) is 0 Å². The molecule has 2 nitrogen and oxygen atoms in total. The zero-order chi connectivity index (χ0) is 11.6. The van der Waals surface area contributed by atoms with Crippen LogP contribution < -0.4 is 0 Å². The van der Waals surface area contributed by atoms with Gasteiger partial charge in [0, 0.05) is 11.3 Å². The van der Waals surface area contributed by atoms with Crippen LogP contribution >= 0.6 is 0 Å². The Labute approximate surface area is 98.7 Å². The van der Waals surface area contributed by atoms with E-state index >= 15 is 0 Å². The molecule has 1 heterocycles. The third-order valence-electron chi connectivity index (χ3n) is 6.48. The molecule has 0 aromatic heterocycles. The standard InChI is InChI=1S/C14H24O2/c1-10-8-15-9-16-14(10)7-11-5-6-13(14,4)12(11,2)3/h10-11H,5-9H2,1-4H3. The predicted octanol–water partition coefficient (Wildman–Crippen LogP) is 3.21. The summed E-state index contributed by atoms with van der Waals surface area (Å²) >= 11 is 0. The van der Waals surface area contributed by atoms with Gasteiger partial charge in [0.15, 0.2) is 0 Å². The maximum Gasteiger partial charge on any atom is 0.147 e. The van der Waals surface area contributed by atoms with Gasteiger partial charge in [-0.1, -0.05) is 27.7 Å². The zero-order valence-corrected chi connectivity index (χ0v) is 11.0. The fraction of sp³-hybridized carbons (Fsp3) is 1.00. The smallest absolute Gasteiger partial charge is 0.147 e. The Balaban J connectivity index is 2.05. The first kappa shape index (κ1) is 11.0. The fourth-order valence-electron chi connectivity index (χ4n) is 4.91. The van der Waals surface area contributed by atoms with Crippen molar-refractivity contribution in [3.8, 4) is 0 Å². The molecule has 3 aliphatic rings. The number of fused-ring (bicyclic) bond motifs is 3. The van der Waals surface area contributed by atoms with Crippen LogP contribution in [-0.4, -0.2) is 19.0 Å². The Kier molecular flexibility index (Phi) is 2.09. The predicted molar refractivity (Wildman–Crippen MR) is 63.0 cm³/mol. The zero-order valence-electron chi connectivity index (χ0n) is 11.0. The normalized spacial score (nSPS) is 54.8. The largest absolute Gasteiger partial charge is 0.355 e. The molecule has 1 saturated heterocycles. The van der Waals surface area contributed by atoms with E-state index < -0.39 is 0 Å². The van der Waals surface area contributed by atoms with Crippen LogP contribution in [0, 0.1) is 22.7 Å². The Morgan fingerprint density at radius 2 is 1.94 bits per heavy atom. The summed E-state index contributed by atoms with van der Waals surface area (Å²) in [5.41, 5.74) is 0.865. The lowest BCUT2D eigenvalue weighted by molar-refractivity contribution is -0.267. The van der Waals surface area contributed by atoms with Gasteiger partial charge in [0.1, 0.15) is 6.79 Å². The lowest BCUT2D eigenvalue weighted by Crippen LogP contribution is -2.57. The van der Waals surface area contributed by atoms with E-state index in [1.807, 2.05) is 0 Å². The van der Waals surface area contributed by atoms with Crippen LogP contribution in [0.2, 0.25) is 0 Å². The minimum atomic E-state index is 0.0949. The molecule has 4 atom stereocenters. The second-order valence-corrected chi connectivity index (χ2v) is 6.92. The monoisotopic (exact) mass is 224 g/mol. The van der Waals surface area contributed by atoms with Crippen molar-refractivity contribution in [3.05, 3.63) is 0 Å². The highest BCUT2D eigenvalue weighted by Crippen LogP contribution is 2.72. The van der Waals surface area contributed by atoms with E-state index in [2.05, 4.69) is 27.7 Å². The van der Waals surface area contributed by atoms with Crippen molar-refractivity contribution in [2.24, 2.45) is 22.7 Å². The second-order valence-electron chi connectivity index (χ2n) is 6.92. The molecule has 0 aromatic rings. The third kappa shape index (κ3) is 0.971. The maximum absolute atomic E-state index is 6.19. The van der Waals surface area contributed by atoms with Gasteiger partial charge in [-0.15, -0.1) is 0 Å². The lowest BCUT2D eigenvalue weighted by Gasteiger charge is -2.53.